The van der Waals surface area contributed by atoms with E-state index in [0.29, 0.717) is 6.04 Å². The van der Waals surface area contributed by atoms with E-state index in [0.717, 1.165) is 25.6 Å². The zero-order chi connectivity index (χ0) is 13.0. The Hall–Kier alpha value is -0.930. The number of rotatable bonds is 7. The first-order valence-electron chi connectivity index (χ1n) is 7.05. The molecule has 0 amide bonds. The van der Waals surface area contributed by atoms with Gasteiger partial charge in [0.1, 0.15) is 0 Å². The Labute approximate surface area is 111 Å². The first-order chi connectivity index (χ1) is 8.70. The number of nitrogens with zero attached hydrogens (tertiary/aromatic N) is 2. The van der Waals surface area contributed by atoms with Gasteiger partial charge >= 0.3 is 0 Å². The molecule has 0 radical (unpaired) electrons. The van der Waals surface area contributed by atoms with E-state index >= 15 is 0 Å². The Morgan fingerprint density at radius 2 is 2.22 bits per heavy atom. The molecule has 0 spiro atoms. The van der Waals surface area contributed by atoms with Crippen molar-refractivity contribution in [2.75, 3.05) is 13.6 Å². The normalized spacial score (nSPS) is 17.1. The molecule has 3 heteroatoms. The van der Waals surface area contributed by atoms with Crippen molar-refractivity contribution in [3.8, 4) is 0 Å². The van der Waals surface area contributed by atoms with Crippen molar-refractivity contribution in [1.29, 1.82) is 0 Å². The van der Waals surface area contributed by atoms with Gasteiger partial charge in [-0.05, 0) is 50.9 Å². The Morgan fingerprint density at radius 3 is 2.78 bits per heavy atom. The van der Waals surface area contributed by atoms with Crippen molar-refractivity contribution in [1.82, 2.24) is 15.2 Å². The van der Waals surface area contributed by atoms with Gasteiger partial charge in [0, 0.05) is 25.3 Å². The number of hydrogen-bond acceptors (Lipinski definition) is 3. The monoisotopic (exact) mass is 247 g/mol. The van der Waals surface area contributed by atoms with Crippen LogP contribution in [-0.2, 0) is 13.1 Å². The third-order valence-corrected chi connectivity index (χ3v) is 3.88. The third-order valence-electron chi connectivity index (χ3n) is 3.88. The first kappa shape index (κ1) is 13.5. The van der Waals surface area contributed by atoms with Crippen molar-refractivity contribution in [3.05, 3.63) is 29.6 Å². The van der Waals surface area contributed by atoms with Crippen LogP contribution in [0, 0.1) is 5.92 Å². The van der Waals surface area contributed by atoms with Crippen molar-refractivity contribution in [3.63, 3.8) is 0 Å². The summed E-state index contributed by atoms with van der Waals surface area (Å²) in [5, 5.41) is 3.32. The van der Waals surface area contributed by atoms with Gasteiger partial charge in [0.25, 0.3) is 0 Å². The molecule has 1 heterocycles. The highest BCUT2D eigenvalue weighted by Crippen LogP contribution is 2.34. The lowest BCUT2D eigenvalue weighted by molar-refractivity contribution is 0.224. The molecule has 1 aromatic rings. The van der Waals surface area contributed by atoms with Gasteiger partial charge in [0.05, 0.1) is 5.69 Å². The number of nitrogens with one attached hydrogen (secondary N) is 1. The van der Waals surface area contributed by atoms with Gasteiger partial charge in [0.15, 0.2) is 0 Å². The number of pyridine rings is 1. The van der Waals surface area contributed by atoms with Gasteiger partial charge < -0.3 is 5.32 Å². The highest BCUT2D eigenvalue weighted by atomic mass is 15.1. The van der Waals surface area contributed by atoms with E-state index in [9.17, 15) is 0 Å². The molecule has 1 unspecified atom stereocenters. The summed E-state index contributed by atoms with van der Waals surface area (Å²) >= 11 is 0. The SMILES string of the molecule is CCNCc1ccc(CN(C)C(C)C2CC2)nc1. The minimum absolute atomic E-state index is 0.688. The first-order valence-corrected chi connectivity index (χ1v) is 7.05. The summed E-state index contributed by atoms with van der Waals surface area (Å²) in [5.74, 6) is 0.919. The van der Waals surface area contributed by atoms with Gasteiger partial charge in [-0.1, -0.05) is 13.0 Å². The number of aromatic nitrogens is 1. The molecule has 1 aliphatic rings. The van der Waals surface area contributed by atoms with Crippen LogP contribution in [0.4, 0.5) is 0 Å². The molecule has 18 heavy (non-hydrogen) atoms. The van der Waals surface area contributed by atoms with Gasteiger partial charge in [0.2, 0.25) is 0 Å². The summed E-state index contributed by atoms with van der Waals surface area (Å²) in [6, 6.07) is 5.02. The summed E-state index contributed by atoms with van der Waals surface area (Å²) in [6.07, 6.45) is 4.80. The molecule has 3 nitrogen and oxygen atoms in total. The van der Waals surface area contributed by atoms with E-state index in [1.165, 1.54) is 24.1 Å². The molecule has 1 saturated carbocycles. The van der Waals surface area contributed by atoms with Crippen LogP contribution in [0.2, 0.25) is 0 Å². The predicted molar refractivity (Wildman–Crippen MR) is 75.3 cm³/mol. The molecular formula is C15H25N3. The van der Waals surface area contributed by atoms with Crippen LogP contribution in [0.15, 0.2) is 18.3 Å². The molecule has 1 atom stereocenters. The third kappa shape index (κ3) is 3.79. The lowest BCUT2D eigenvalue weighted by Crippen LogP contribution is -2.30. The second-order valence-electron chi connectivity index (χ2n) is 5.43. The lowest BCUT2D eigenvalue weighted by atomic mass is 10.2. The van der Waals surface area contributed by atoms with Crippen LogP contribution in [0.5, 0.6) is 0 Å². The highest BCUT2D eigenvalue weighted by Gasteiger charge is 2.30. The van der Waals surface area contributed by atoms with Crippen molar-refractivity contribution >= 4 is 0 Å². The highest BCUT2D eigenvalue weighted by molar-refractivity contribution is 5.14. The van der Waals surface area contributed by atoms with Crippen LogP contribution in [0.1, 0.15) is 37.9 Å². The maximum Gasteiger partial charge on any atom is 0.0544 e. The number of hydrogen-bond donors (Lipinski definition) is 1. The fourth-order valence-electron chi connectivity index (χ4n) is 2.26. The van der Waals surface area contributed by atoms with Crippen LogP contribution in [0.25, 0.3) is 0 Å². The quantitative estimate of drug-likeness (QED) is 0.802. The van der Waals surface area contributed by atoms with E-state index in [1.807, 2.05) is 6.20 Å². The summed E-state index contributed by atoms with van der Waals surface area (Å²) in [6.45, 7) is 7.33. The smallest absolute Gasteiger partial charge is 0.0544 e. The summed E-state index contributed by atoms with van der Waals surface area (Å²) < 4.78 is 0. The topological polar surface area (TPSA) is 28.2 Å². The van der Waals surface area contributed by atoms with Crippen molar-refractivity contribution in [2.24, 2.45) is 5.92 Å². The van der Waals surface area contributed by atoms with Gasteiger partial charge in [-0.3, -0.25) is 9.88 Å². The standard InChI is InChI=1S/C15H25N3/c1-4-16-9-13-5-8-15(17-10-13)11-18(3)12(2)14-6-7-14/h5,8,10,12,14,16H,4,6-7,9,11H2,1-3H3. The average Bonchev–Trinajstić information content (AvgIpc) is 3.21. The second-order valence-corrected chi connectivity index (χ2v) is 5.43. The van der Waals surface area contributed by atoms with Crippen LogP contribution in [-0.4, -0.2) is 29.5 Å². The Balaban J connectivity index is 1.85. The van der Waals surface area contributed by atoms with E-state index in [1.54, 1.807) is 0 Å². The molecule has 100 valence electrons. The zero-order valence-corrected chi connectivity index (χ0v) is 11.8. The van der Waals surface area contributed by atoms with E-state index < -0.39 is 0 Å². The van der Waals surface area contributed by atoms with E-state index in [2.05, 4.69) is 48.2 Å². The Kier molecular flexibility index (Phi) is 4.72. The molecule has 1 aliphatic carbocycles. The zero-order valence-electron chi connectivity index (χ0n) is 11.8. The lowest BCUT2D eigenvalue weighted by Gasteiger charge is -2.24. The maximum absolute atomic E-state index is 4.55. The van der Waals surface area contributed by atoms with Gasteiger partial charge in [-0.2, -0.15) is 0 Å². The Morgan fingerprint density at radius 1 is 1.44 bits per heavy atom. The molecule has 1 fully saturated rings. The molecule has 1 N–H and O–H groups in total. The molecule has 1 aromatic heterocycles. The average molecular weight is 247 g/mol. The minimum Gasteiger partial charge on any atom is -0.313 e. The second kappa shape index (κ2) is 6.30. The van der Waals surface area contributed by atoms with Crippen LogP contribution >= 0.6 is 0 Å². The van der Waals surface area contributed by atoms with Crippen LogP contribution < -0.4 is 5.32 Å². The van der Waals surface area contributed by atoms with Crippen LogP contribution in [0.3, 0.4) is 0 Å². The fraction of sp³-hybridized carbons (Fsp3) is 0.667. The minimum atomic E-state index is 0.688. The van der Waals surface area contributed by atoms with E-state index in [-0.39, 0.29) is 0 Å². The summed E-state index contributed by atoms with van der Waals surface area (Å²) in [5.41, 5.74) is 2.43. The largest absolute Gasteiger partial charge is 0.313 e. The summed E-state index contributed by atoms with van der Waals surface area (Å²) in [4.78, 5) is 6.97. The van der Waals surface area contributed by atoms with Crippen molar-refractivity contribution in [2.45, 2.75) is 45.8 Å². The van der Waals surface area contributed by atoms with Gasteiger partial charge in [-0.15, -0.1) is 0 Å². The molecule has 0 aromatic carbocycles. The maximum atomic E-state index is 4.55. The van der Waals surface area contributed by atoms with Gasteiger partial charge in [-0.25, -0.2) is 0 Å². The molecule has 0 saturated heterocycles. The molecule has 2 rings (SSSR count). The fourth-order valence-corrected chi connectivity index (χ4v) is 2.26. The molecule has 0 bridgehead atoms. The van der Waals surface area contributed by atoms with Crippen molar-refractivity contribution < 1.29 is 0 Å². The predicted octanol–water partition coefficient (Wildman–Crippen LogP) is 2.42. The molecular weight excluding hydrogens is 222 g/mol. The van der Waals surface area contributed by atoms with E-state index in [4.69, 9.17) is 0 Å². The molecule has 0 aliphatic heterocycles. The Bertz CT molecular complexity index is 357. The summed E-state index contributed by atoms with van der Waals surface area (Å²) in [7, 11) is 2.21.